The predicted molar refractivity (Wildman–Crippen MR) is 116 cm³/mol. The number of halogens is 1. The number of carbonyl (C=O) groups is 1. The van der Waals surface area contributed by atoms with Crippen molar-refractivity contribution in [3.63, 3.8) is 0 Å². The van der Waals surface area contributed by atoms with Crippen LogP contribution in [0.25, 0.3) is 0 Å². The molecular weight excluding hydrogens is 422 g/mol. The predicted octanol–water partition coefficient (Wildman–Crippen LogP) is 2.79. The number of hydrogen-bond donors (Lipinski definition) is 1. The number of hydrogen-bond acceptors (Lipinski definition) is 6. The van der Waals surface area contributed by atoms with Gasteiger partial charge in [-0.3, -0.25) is 9.59 Å². The molecule has 1 aromatic carbocycles. The van der Waals surface area contributed by atoms with Crippen LogP contribution in [0, 0.1) is 0 Å². The molecule has 2 aromatic heterocycles. The topological polar surface area (TPSA) is 100 Å². The van der Waals surface area contributed by atoms with Gasteiger partial charge in [-0.05, 0) is 31.5 Å². The Balaban J connectivity index is 1.69. The molecule has 0 atom stereocenters. The lowest BCUT2D eigenvalue weighted by molar-refractivity contribution is -0.145. The summed E-state index contributed by atoms with van der Waals surface area (Å²) < 4.78 is 13.9. The third-order valence-corrected chi connectivity index (χ3v) is 4.72. The average Bonchev–Trinajstić information content (AvgIpc) is 3.21. The van der Waals surface area contributed by atoms with E-state index in [9.17, 15) is 9.59 Å². The van der Waals surface area contributed by atoms with Gasteiger partial charge < -0.3 is 19.4 Å². The lowest BCUT2D eigenvalue weighted by atomic mass is 10.2. The fourth-order valence-corrected chi connectivity index (χ4v) is 3.10. The van der Waals surface area contributed by atoms with Crippen LogP contribution in [0.4, 0.5) is 5.69 Å². The van der Waals surface area contributed by atoms with Crippen molar-refractivity contribution in [2.75, 3.05) is 18.5 Å². The number of ether oxygens (including phenoxy) is 2. The molecule has 3 rings (SSSR count). The number of aromatic nitrogens is 4. The van der Waals surface area contributed by atoms with Gasteiger partial charge in [0.05, 0.1) is 25.0 Å². The van der Waals surface area contributed by atoms with E-state index in [0.717, 1.165) is 5.56 Å². The number of amides is 1. The van der Waals surface area contributed by atoms with Crippen LogP contribution in [0.2, 0.25) is 5.02 Å². The molecule has 1 N–H and O–H groups in total. The zero-order valence-electron chi connectivity index (χ0n) is 17.3. The van der Waals surface area contributed by atoms with Crippen molar-refractivity contribution in [1.82, 2.24) is 19.6 Å². The van der Waals surface area contributed by atoms with Gasteiger partial charge in [0.1, 0.15) is 0 Å². The van der Waals surface area contributed by atoms with Gasteiger partial charge in [0.25, 0.3) is 11.5 Å². The van der Waals surface area contributed by atoms with Gasteiger partial charge in [-0.1, -0.05) is 35.0 Å². The maximum absolute atomic E-state index is 12.6. The standard InChI is InChI=1S/C21H24ClN5O4/c1-3-30-20(31-4-2)14-27-13-18(24-25-27)21(29)23-16-9-10-19(28)26(12-16)11-15-7-5-6-8-17(15)22/h5-10,12-13,20H,3-4,11,14H2,1-2H3,(H,23,29). The summed E-state index contributed by atoms with van der Waals surface area (Å²) in [7, 11) is 0. The molecule has 9 nitrogen and oxygen atoms in total. The minimum Gasteiger partial charge on any atom is -0.351 e. The highest BCUT2D eigenvalue weighted by atomic mass is 35.5. The molecule has 2 heterocycles. The fraction of sp³-hybridized carbons (Fsp3) is 0.333. The zero-order chi connectivity index (χ0) is 22.2. The number of anilines is 1. The third-order valence-electron chi connectivity index (χ3n) is 4.35. The second-order valence-electron chi connectivity index (χ2n) is 6.60. The summed E-state index contributed by atoms with van der Waals surface area (Å²) in [6, 6.07) is 10.2. The van der Waals surface area contributed by atoms with Gasteiger partial charge in [-0.25, -0.2) is 4.68 Å². The average molecular weight is 446 g/mol. The molecule has 0 spiro atoms. The number of nitrogens with zero attached hydrogens (tertiary/aromatic N) is 4. The van der Waals surface area contributed by atoms with Crippen LogP contribution in [0.15, 0.2) is 53.6 Å². The van der Waals surface area contributed by atoms with Crippen molar-refractivity contribution >= 4 is 23.2 Å². The van der Waals surface area contributed by atoms with Crippen molar-refractivity contribution in [2.45, 2.75) is 33.2 Å². The van der Waals surface area contributed by atoms with Gasteiger partial charge in [0.2, 0.25) is 0 Å². The van der Waals surface area contributed by atoms with Gasteiger partial charge >= 0.3 is 0 Å². The maximum atomic E-state index is 12.6. The van der Waals surface area contributed by atoms with Crippen molar-refractivity contribution in [2.24, 2.45) is 0 Å². The highest BCUT2D eigenvalue weighted by Gasteiger charge is 2.15. The summed E-state index contributed by atoms with van der Waals surface area (Å²) in [6.07, 6.45) is 2.61. The Labute approximate surface area is 184 Å². The van der Waals surface area contributed by atoms with Gasteiger partial charge in [-0.15, -0.1) is 5.10 Å². The minimum absolute atomic E-state index is 0.135. The molecule has 1 amide bonds. The molecule has 0 aliphatic carbocycles. The second kappa shape index (κ2) is 10.9. The molecule has 0 saturated carbocycles. The van der Waals surface area contributed by atoms with Gasteiger partial charge in [0.15, 0.2) is 12.0 Å². The molecule has 3 aromatic rings. The monoisotopic (exact) mass is 445 g/mol. The Morgan fingerprint density at radius 2 is 1.87 bits per heavy atom. The van der Waals surface area contributed by atoms with Crippen molar-refractivity contribution in [3.05, 3.63) is 75.4 Å². The fourth-order valence-electron chi connectivity index (χ4n) is 2.90. The lowest BCUT2D eigenvalue weighted by Crippen LogP contribution is -2.24. The van der Waals surface area contributed by atoms with E-state index in [1.54, 1.807) is 12.3 Å². The number of carbonyl (C=O) groups excluding carboxylic acids is 1. The summed E-state index contributed by atoms with van der Waals surface area (Å²) >= 11 is 6.19. The maximum Gasteiger partial charge on any atom is 0.277 e. The molecule has 31 heavy (non-hydrogen) atoms. The first-order valence-electron chi connectivity index (χ1n) is 9.88. The molecule has 10 heteroatoms. The molecule has 0 bridgehead atoms. The SMILES string of the molecule is CCOC(Cn1cc(C(=O)Nc2ccc(=O)n(Cc3ccccc3Cl)c2)nn1)OCC. The molecular formula is C21H24ClN5O4. The summed E-state index contributed by atoms with van der Waals surface area (Å²) in [5, 5.41) is 11.2. The summed E-state index contributed by atoms with van der Waals surface area (Å²) in [4.78, 5) is 24.8. The van der Waals surface area contributed by atoms with Crippen molar-refractivity contribution in [1.29, 1.82) is 0 Å². The first kappa shape index (κ1) is 22.7. The zero-order valence-corrected chi connectivity index (χ0v) is 18.1. The molecule has 0 fully saturated rings. The Bertz CT molecular complexity index is 1080. The van der Waals surface area contributed by atoms with Crippen molar-refractivity contribution < 1.29 is 14.3 Å². The molecule has 164 valence electrons. The van der Waals surface area contributed by atoms with E-state index in [1.165, 1.54) is 27.6 Å². The first-order valence-corrected chi connectivity index (χ1v) is 10.3. The first-order chi connectivity index (χ1) is 15.0. The third kappa shape index (κ3) is 6.24. The van der Waals surface area contributed by atoms with Crippen LogP contribution < -0.4 is 10.9 Å². The molecule has 0 radical (unpaired) electrons. The highest BCUT2D eigenvalue weighted by molar-refractivity contribution is 6.31. The van der Waals surface area contributed by atoms with E-state index in [4.69, 9.17) is 21.1 Å². The van der Waals surface area contributed by atoms with Crippen LogP contribution in [-0.4, -0.2) is 45.0 Å². The lowest BCUT2D eigenvalue weighted by Gasteiger charge is -2.16. The van der Waals surface area contributed by atoms with E-state index in [2.05, 4.69) is 15.6 Å². The summed E-state index contributed by atoms with van der Waals surface area (Å²) in [5.74, 6) is -0.446. The van der Waals surface area contributed by atoms with Gasteiger partial charge in [-0.2, -0.15) is 0 Å². The highest BCUT2D eigenvalue weighted by Crippen LogP contribution is 2.16. The number of nitrogens with one attached hydrogen (secondary N) is 1. The quantitative estimate of drug-likeness (QED) is 0.481. The van der Waals surface area contributed by atoms with Crippen LogP contribution in [0.5, 0.6) is 0 Å². The van der Waals surface area contributed by atoms with E-state index in [-0.39, 0.29) is 17.8 Å². The number of benzene rings is 1. The Kier molecular flexibility index (Phi) is 7.94. The largest absolute Gasteiger partial charge is 0.351 e. The van der Waals surface area contributed by atoms with Crippen molar-refractivity contribution in [3.8, 4) is 0 Å². The van der Waals surface area contributed by atoms with E-state index in [0.29, 0.717) is 30.5 Å². The normalized spacial score (nSPS) is 11.1. The Morgan fingerprint density at radius 3 is 2.58 bits per heavy atom. The van der Waals surface area contributed by atoms with Crippen LogP contribution in [-0.2, 0) is 22.6 Å². The van der Waals surface area contributed by atoms with E-state index >= 15 is 0 Å². The molecule has 0 aliphatic rings. The Hall–Kier alpha value is -3.01. The van der Waals surface area contributed by atoms with Crippen LogP contribution >= 0.6 is 11.6 Å². The van der Waals surface area contributed by atoms with Gasteiger partial charge in [0, 0.05) is 30.5 Å². The van der Waals surface area contributed by atoms with Crippen LogP contribution in [0.1, 0.15) is 29.9 Å². The van der Waals surface area contributed by atoms with E-state index < -0.39 is 12.2 Å². The number of pyridine rings is 1. The number of rotatable bonds is 10. The summed E-state index contributed by atoms with van der Waals surface area (Å²) in [6.45, 7) is 5.33. The second-order valence-corrected chi connectivity index (χ2v) is 7.00. The molecule has 0 aliphatic heterocycles. The molecule has 0 saturated heterocycles. The minimum atomic E-state index is -0.471. The smallest absolute Gasteiger partial charge is 0.277 e. The van der Waals surface area contributed by atoms with E-state index in [1.807, 2.05) is 32.0 Å². The summed E-state index contributed by atoms with van der Waals surface area (Å²) in [5.41, 5.74) is 1.18. The molecule has 0 unspecified atom stereocenters. The van der Waals surface area contributed by atoms with Crippen LogP contribution in [0.3, 0.4) is 0 Å². The Morgan fingerprint density at radius 1 is 1.13 bits per heavy atom.